The van der Waals surface area contributed by atoms with Crippen LogP contribution in [0, 0.1) is 11.3 Å². The van der Waals surface area contributed by atoms with Crippen molar-refractivity contribution in [3.8, 4) is 17.6 Å². The summed E-state index contributed by atoms with van der Waals surface area (Å²) in [5.74, 6) is -0.361. The highest BCUT2D eigenvalue weighted by Gasteiger charge is 2.61. The summed E-state index contributed by atoms with van der Waals surface area (Å²) < 4.78 is 15.3. The van der Waals surface area contributed by atoms with Crippen LogP contribution in [0.4, 0.5) is 0 Å². The van der Waals surface area contributed by atoms with Crippen LogP contribution in [0.1, 0.15) is 24.9 Å². The van der Waals surface area contributed by atoms with E-state index in [4.69, 9.17) is 19.2 Å². The van der Waals surface area contributed by atoms with E-state index in [0.717, 1.165) is 0 Å². The molecular weight excluding hydrogens is 365 g/mol. The number of rotatable bonds is 3. The Labute approximate surface area is 121 Å². The Morgan fingerprint density at radius 3 is 3.05 bits per heavy atom. The molecule has 0 spiro atoms. The molecule has 98 valence electrons. The molecule has 6 nitrogen and oxygen atoms in total. The maximum Gasteiger partial charge on any atom is 0.340 e. The molecule has 1 aromatic heterocycles. The number of ether oxygens (including phenoxy) is 2. The SMILES string of the molecule is CCC(I)C(=O)Oc1c2oc3c1OC(=O)C3(C#N)C2. The highest BCUT2D eigenvalue weighted by atomic mass is 127. The molecule has 0 N–H and O–H groups in total. The van der Waals surface area contributed by atoms with E-state index >= 15 is 0 Å². The number of fused-ring (bicyclic) bond motifs is 1. The van der Waals surface area contributed by atoms with Gasteiger partial charge in [-0.3, -0.25) is 4.79 Å². The summed E-state index contributed by atoms with van der Waals surface area (Å²) in [6, 6.07) is 1.92. The van der Waals surface area contributed by atoms with Crippen LogP contribution in [0.15, 0.2) is 4.42 Å². The van der Waals surface area contributed by atoms with Crippen molar-refractivity contribution in [1.29, 1.82) is 5.26 Å². The van der Waals surface area contributed by atoms with Gasteiger partial charge in [0.05, 0.1) is 6.07 Å². The first-order chi connectivity index (χ1) is 9.03. The summed E-state index contributed by atoms with van der Waals surface area (Å²) in [4.78, 5) is 23.5. The fourth-order valence-electron chi connectivity index (χ4n) is 2.17. The van der Waals surface area contributed by atoms with E-state index in [1.165, 1.54) is 0 Å². The Balaban J connectivity index is 1.96. The van der Waals surface area contributed by atoms with Crippen LogP contribution in [0.25, 0.3) is 0 Å². The number of hydrogen-bond donors (Lipinski definition) is 0. The van der Waals surface area contributed by atoms with Gasteiger partial charge in [-0.1, -0.05) is 29.5 Å². The first kappa shape index (κ1) is 12.5. The smallest absolute Gasteiger partial charge is 0.340 e. The second kappa shape index (κ2) is 3.96. The Morgan fingerprint density at radius 2 is 2.42 bits per heavy atom. The third kappa shape index (κ3) is 1.46. The van der Waals surface area contributed by atoms with Crippen molar-refractivity contribution >= 4 is 34.5 Å². The third-order valence-electron chi connectivity index (χ3n) is 3.26. The molecule has 19 heavy (non-hydrogen) atoms. The highest BCUT2D eigenvalue weighted by Crippen LogP contribution is 2.57. The average Bonchev–Trinajstić information content (AvgIpc) is 2.99. The van der Waals surface area contributed by atoms with Crippen LogP contribution >= 0.6 is 22.6 Å². The van der Waals surface area contributed by atoms with E-state index in [0.29, 0.717) is 12.2 Å². The van der Waals surface area contributed by atoms with Crippen LogP contribution in [0.5, 0.6) is 11.5 Å². The van der Waals surface area contributed by atoms with Gasteiger partial charge in [-0.25, -0.2) is 4.79 Å². The lowest BCUT2D eigenvalue weighted by Gasteiger charge is -2.10. The number of carbonyl (C=O) groups excluding carboxylic acids is 2. The van der Waals surface area contributed by atoms with Gasteiger partial charge in [0.2, 0.25) is 16.9 Å². The van der Waals surface area contributed by atoms with Crippen molar-refractivity contribution in [2.45, 2.75) is 29.1 Å². The molecule has 3 heterocycles. The van der Waals surface area contributed by atoms with Crippen LogP contribution in [0.3, 0.4) is 0 Å². The molecular formula is C12H8INO5. The van der Waals surface area contributed by atoms with Crippen LogP contribution in [-0.2, 0) is 21.4 Å². The molecule has 0 aliphatic carbocycles. The Kier molecular flexibility index (Phi) is 2.60. The topological polar surface area (TPSA) is 89.5 Å². The second-order valence-electron chi connectivity index (χ2n) is 4.39. The molecule has 1 aromatic rings. The second-order valence-corrected chi connectivity index (χ2v) is 5.90. The minimum Gasteiger partial charge on any atom is -0.455 e. The van der Waals surface area contributed by atoms with Gasteiger partial charge in [0.15, 0.2) is 11.5 Å². The molecule has 0 fully saturated rings. The quantitative estimate of drug-likeness (QED) is 0.455. The molecule has 2 aliphatic rings. The Hall–Kier alpha value is -1.56. The molecule has 0 amide bonds. The minimum atomic E-state index is -1.37. The number of hydrogen-bond acceptors (Lipinski definition) is 6. The van der Waals surface area contributed by atoms with E-state index in [-0.39, 0.29) is 27.6 Å². The summed E-state index contributed by atoms with van der Waals surface area (Å²) in [6.45, 7) is 1.87. The van der Waals surface area contributed by atoms with E-state index in [1.807, 2.05) is 35.6 Å². The molecule has 3 rings (SSSR count). The minimum absolute atomic E-state index is 0.0712. The van der Waals surface area contributed by atoms with E-state index in [2.05, 4.69) is 0 Å². The highest BCUT2D eigenvalue weighted by molar-refractivity contribution is 14.1. The van der Waals surface area contributed by atoms with Crippen molar-refractivity contribution in [2.75, 3.05) is 0 Å². The zero-order valence-corrected chi connectivity index (χ0v) is 12.0. The summed E-state index contributed by atoms with van der Waals surface area (Å²) in [5.41, 5.74) is -1.37. The summed E-state index contributed by atoms with van der Waals surface area (Å²) >= 11 is 1.98. The molecule has 0 saturated heterocycles. The van der Waals surface area contributed by atoms with Gasteiger partial charge in [-0.2, -0.15) is 5.26 Å². The Morgan fingerprint density at radius 1 is 1.68 bits per heavy atom. The lowest BCUT2D eigenvalue weighted by Crippen LogP contribution is -2.31. The monoisotopic (exact) mass is 373 g/mol. The fraction of sp³-hybridized carbons (Fsp3) is 0.417. The lowest BCUT2D eigenvalue weighted by molar-refractivity contribution is -0.137. The van der Waals surface area contributed by atoms with Crippen LogP contribution in [0.2, 0.25) is 0 Å². The first-order valence-electron chi connectivity index (χ1n) is 5.69. The molecule has 7 heteroatoms. The molecule has 0 saturated carbocycles. The summed E-state index contributed by atoms with van der Waals surface area (Å²) in [6.07, 6.45) is 0.707. The van der Waals surface area contributed by atoms with Gasteiger partial charge in [0.25, 0.3) is 0 Å². The van der Waals surface area contributed by atoms with Gasteiger partial charge in [-0.15, -0.1) is 0 Å². The van der Waals surface area contributed by atoms with E-state index in [9.17, 15) is 9.59 Å². The summed E-state index contributed by atoms with van der Waals surface area (Å²) in [5, 5.41) is 9.13. The molecule has 2 aliphatic heterocycles. The molecule has 0 aromatic carbocycles. The van der Waals surface area contributed by atoms with Crippen LogP contribution < -0.4 is 9.47 Å². The lowest BCUT2D eigenvalue weighted by atomic mass is 9.83. The molecule has 0 radical (unpaired) electrons. The van der Waals surface area contributed by atoms with Gasteiger partial charge in [0, 0.05) is 6.42 Å². The largest absolute Gasteiger partial charge is 0.455 e. The number of esters is 2. The molecule has 2 bridgehead atoms. The first-order valence-corrected chi connectivity index (χ1v) is 6.93. The third-order valence-corrected chi connectivity index (χ3v) is 4.64. The normalized spacial score (nSPS) is 23.9. The molecule has 2 unspecified atom stereocenters. The summed E-state index contributed by atoms with van der Waals surface area (Å²) in [7, 11) is 0. The van der Waals surface area contributed by atoms with Crippen molar-refractivity contribution in [3.63, 3.8) is 0 Å². The number of nitrogens with zero attached hydrogens (tertiary/aromatic N) is 1. The standard InChI is InChI=1S/C12H8INO5/c1-2-5(13)10(15)18-7-6-3-12(4-14)9(17-6)8(7)19-11(12)16/h5H,2-3H2,1H3. The zero-order valence-electron chi connectivity index (χ0n) is 9.86. The number of carbonyl (C=O) groups is 2. The van der Waals surface area contributed by atoms with Gasteiger partial charge >= 0.3 is 11.9 Å². The van der Waals surface area contributed by atoms with Crippen molar-refractivity contribution in [3.05, 3.63) is 11.5 Å². The van der Waals surface area contributed by atoms with Gasteiger partial charge in [-0.05, 0) is 6.42 Å². The predicted octanol–water partition coefficient (Wildman–Crippen LogP) is 1.64. The number of nitriles is 1. The maximum atomic E-state index is 11.8. The van der Waals surface area contributed by atoms with Crippen molar-refractivity contribution in [1.82, 2.24) is 0 Å². The van der Waals surface area contributed by atoms with Crippen molar-refractivity contribution < 1.29 is 23.5 Å². The van der Waals surface area contributed by atoms with Crippen molar-refractivity contribution in [2.24, 2.45) is 0 Å². The zero-order chi connectivity index (χ0) is 13.8. The van der Waals surface area contributed by atoms with Crippen LogP contribution in [-0.4, -0.2) is 15.9 Å². The number of alkyl halides is 1. The van der Waals surface area contributed by atoms with Gasteiger partial charge < -0.3 is 13.9 Å². The average molecular weight is 373 g/mol. The van der Waals surface area contributed by atoms with E-state index in [1.54, 1.807) is 0 Å². The number of furan rings is 1. The molecule has 2 atom stereocenters. The number of halogens is 1. The Bertz CT molecular complexity index is 643. The fourth-order valence-corrected chi connectivity index (χ4v) is 2.30. The predicted molar refractivity (Wildman–Crippen MR) is 69.1 cm³/mol. The maximum absolute atomic E-state index is 11.8. The van der Waals surface area contributed by atoms with Gasteiger partial charge in [0.1, 0.15) is 3.92 Å². The van der Waals surface area contributed by atoms with E-state index < -0.39 is 17.4 Å².